The molecule has 0 amide bonds. The van der Waals surface area contributed by atoms with Crippen LogP contribution in [-0.2, 0) is 4.74 Å². The average Bonchev–Trinajstić information content (AvgIpc) is 2.20. The topological polar surface area (TPSA) is 38.7 Å². The number of methoxy groups -OCH3 is 1. The summed E-state index contributed by atoms with van der Waals surface area (Å²) in [6.07, 6.45) is 0. The first kappa shape index (κ1) is 10.6. The maximum Gasteiger partial charge on any atom is 0.337 e. The number of benzene rings is 1. The minimum atomic E-state index is -0.356. The van der Waals surface area contributed by atoms with Crippen LogP contribution in [0, 0.1) is 6.92 Å². The van der Waals surface area contributed by atoms with Gasteiger partial charge in [0.05, 0.1) is 23.5 Å². The van der Waals surface area contributed by atoms with Crippen LogP contribution in [0.25, 0.3) is 0 Å². The van der Waals surface area contributed by atoms with Gasteiger partial charge in [0.15, 0.2) is 0 Å². The van der Waals surface area contributed by atoms with Crippen molar-refractivity contribution in [1.82, 2.24) is 0 Å². The zero-order valence-corrected chi connectivity index (χ0v) is 8.72. The van der Waals surface area contributed by atoms with Crippen molar-refractivity contribution >= 4 is 29.0 Å². The second-order valence-corrected chi connectivity index (χ2v) is 2.88. The molecule has 1 aromatic rings. The van der Waals surface area contributed by atoms with Crippen molar-refractivity contribution in [3.05, 3.63) is 29.3 Å². The summed E-state index contributed by atoms with van der Waals surface area (Å²) in [5.74, 6) is -0.356. The van der Waals surface area contributed by atoms with E-state index >= 15 is 0 Å². The van der Waals surface area contributed by atoms with Crippen molar-refractivity contribution in [2.45, 2.75) is 6.92 Å². The highest BCUT2D eigenvalue weighted by Gasteiger charge is 2.06. The molecule has 0 unspecified atom stereocenters. The Kier molecular flexibility index (Phi) is 3.51. The summed E-state index contributed by atoms with van der Waals surface area (Å²) < 4.78 is 4.59. The lowest BCUT2D eigenvalue weighted by atomic mass is 10.1. The summed E-state index contributed by atoms with van der Waals surface area (Å²) in [7, 11) is 1.35. The summed E-state index contributed by atoms with van der Waals surface area (Å²) in [6, 6.07) is 5.06. The van der Waals surface area contributed by atoms with E-state index in [1.165, 1.54) is 7.11 Å². The average molecular weight is 207 g/mol. The fourth-order valence-electron chi connectivity index (χ4n) is 1.07. The van der Waals surface area contributed by atoms with E-state index in [9.17, 15) is 4.79 Å². The van der Waals surface area contributed by atoms with E-state index in [-0.39, 0.29) is 5.97 Å². The number of rotatable bonds is 2. The van der Waals surface area contributed by atoms with Crippen LogP contribution in [-0.4, -0.2) is 18.2 Å². The van der Waals surface area contributed by atoms with E-state index < -0.39 is 0 Å². The third-order valence-electron chi connectivity index (χ3n) is 1.78. The molecule has 0 atom stereocenters. The fourth-order valence-corrected chi connectivity index (χ4v) is 1.17. The second kappa shape index (κ2) is 4.65. The molecule has 0 aromatic heterocycles. The standard InChI is InChI=1S/C10H9NO2S/c1-7-5-8(10(12)13-2)3-4-9(7)11-6-14/h3-5H,1-2H3. The summed E-state index contributed by atoms with van der Waals surface area (Å²) in [5, 5.41) is 2.28. The number of thiocarbonyl (C=S) groups is 1. The van der Waals surface area contributed by atoms with Crippen molar-refractivity contribution in [3.63, 3.8) is 0 Å². The number of hydrogen-bond donors (Lipinski definition) is 0. The third-order valence-corrected chi connectivity index (χ3v) is 1.88. The number of ether oxygens (including phenoxy) is 1. The number of carbonyl (C=O) groups excluding carboxylic acids is 1. The predicted octanol–water partition coefficient (Wildman–Crippen LogP) is 2.52. The monoisotopic (exact) mass is 207 g/mol. The summed E-state index contributed by atoms with van der Waals surface area (Å²) in [4.78, 5) is 15.0. The first-order valence-electron chi connectivity index (χ1n) is 3.96. The Morgan fingerprint density at radius 3 is 2.79 bits per heavy atom. The molecule has 0 N–H and O–H groups in total. The Bertz CT molecular complexity index is 409. The van der Waals surface area contributed by atoms with Gasteiger partial charge in [-0.2, -0.15) is 4.99 Å². The third kappa shape index (κ3) is 2.25. The van der Waals surface area contributed by atoms with Crippen LogP contribution in [0.4, 0.5) is 5.69 Å². The van der Waals surface area contributed by atoms with Gasteiger partial charge >= 0.3 is 5.97 Å². The van der Waals surface area contributed by atoms with Gasteiger partial charge in [-0.3, -0.25) is 0 Å². The summed E-state index contributed by atoms with van der Waals surface area (Å²) >= 11 is 4.49. The molecule has 0 saturated heterocycles. The van der Waals surface area contributed by atoms with Crippen LogP contribution in [0.3, 0.4) is 0 Å². The maximum atomic E-state index is 11.1. The minimum absolute atomic E-state index is 0.356. The molecular formula is C10H9NO2S. The van der Waals surface area contributed by atoms with Gasteiger partial charge in [-0.25, -0.2) is 4.79 Å². The zero-order chi connectivity index (χ0) is 10.6. The summed E-state index contributed by atoms with van der Waals surface area (Å²) in [6.45, 7) is 1.85. The van der Waals surface area contributed by atoms with Gasteiger partial charge < -0.3 is 4.74 Å². The molecule has 1 rings (SSSR count). The SMILES string of the molecule is COC(=O)c1ccc(N=C=S)c(C)c1. The van der Waals surface area contributed by atoms with Crippen LogP contribution < -0.4 is 0 Å². The molecule has 0 spiro atoms. The second-order valence-electron chi connectivity index (χ2n) is 2.70. The Morgan fingerprint density at radius 2 is 2.29 bits per heavy atom. The van der Waals surface area contributed by atoms with Gasteiger partial charge in [-0.15, -0.1) is 0 Å². The molecule has 1 aromatic carbocycles. The zero-order valence-electron chi connectivity index (χ0n) is 7.90. The van der Waals surface area contributed by atoms with Crippen molar-refractivity contribution in [1.29, 1.82) is 0 Å². The Morgan fingerprint density at radius 1 is 1.57 bits per heavy atom. The van der Waals surface area contributed by atoms with Gasteiger partial charge in [0.25, 0.3) is 0 Å². The lowest BCUT2D eigenvalue weighted by Crippen LogP contribution is -2.00. The quantitative estimate of drug-likeness (QED) is 0.425. The molecule has 0 heterocycles. The molecule has 4 heteroatoms. The Hall–Kier alpha value is -1.51. The van der Waals surface area contributed by atoms with E-state index in [1.54, 1.807) is 18.2 Å². The van der Waals surface area contributed by atoms with Crippen molar-refractivity contribution in [2.75, 3.05) is 7.11 Å². The van der Waals surface area contributed by atoms with Crippen molar-refractivity contribution in [2.24, 2.45) is 4.99 Å². The normalized spacial score (nSPS) is 9.00. The number of hydrogen-bond acceptors (Lipinski definition) is 4. The van der Waals surface area contributed by atoms with Crippen LogP contribution >= 0.6 is 12.2 Å². The summed E-state index contributed by atoms with van der Waals surface area (Å²) in [5.41, 5.74) is 2.09. The van der Waals surface area contributed by atoms with Crippen molar-refractivity contribution in [3.8, 4) is 0 Å². The molecule has 14 heavy (non-hydrogen) atoms. The first-order valence-corrected chi connectivity index (χ1v) is 4.36. The number of nitrogens with zero attached hydrogens (tertiary/aromatic N) is 1. The van der Waals surface area contributed by atoms with Gasteiger partial charge in [-0.05, 0) is 42.9 Å². The first-order chi connectivity index (χ1) is 6.69. The number of carbonyl (C=O) groups is 1. The van der Waals surface area contributed by atoms with E-state index in [0.717, 1.165) is 5.56 Å². The molecule has 0 fully saturated rings. The number of aliphatic imine (C=N–C) groups is 1. The minimum Gasteiger partial charge on any atom is -0.465 e. The number of aryl methyl sites for hydroxylation is 1. The molecule has 0 aliphatic rings. The van der Waals surface area contributed by atoms with Gasteiger partial charge in [0.2, 0.25) is 0 Å². The van der Waals surface area contributed by atoms with Crippen LogP contribution in [0.15, 0.2) is 23.2 Å². The lowest BCUT2D eigenvalue weighted by Gasteiger charge is -2.02. The van der Waals surface area contributed by atoms with Crippen LogP contribution in [0.2, 0.25) is 0 Å². The highest BCUT2D eigenvalue weighted by molar-refractivity contribution is 7.78. The molecule has 0 bridgehead atoms. The number of esters is 1. The number of isothiocyanates is 1. The van der Waals surface area contributed by atoms with Gasteiger partial charge in [-0.1, -0.05) is 0 Å². The van der Waals surface area contributed by atoms with E-state index in [1.807, 2.05) is 6.92 Å². The maximum absolute atomic E-state index is 11.1. The van der Waals surface area contributed by atoms with Crippen LogP contribution in [0.5, 0.6) is 0 Å². The van der Waals surface area contributed by atoms with E-state index in [4.69, 9.17) is 0 Å². The predicted molar refractivity (Wildman–Crippen MR) is 57.2 cm³/mol. The molecule has 72 valence electrons. The highest BCUT2D eigenvalue weighted by atomic mass is 32.1. The molecule has 0 saturated carbocycles. The lowest BCUT2D eigenvalue weighted by molar-refractivity contribution is 0.0600. The van der Waals surface area contributed by atoms with E-state index in [2.05, 4.69) is 27.1 Å². The van der Waals surface area contributed by atoms with Gasteiger partial charge in [0.1, 0.15) is 0 Å². The smallest absolute Gasteiger partial charge is 0.337 e. The van der Waals surface area contributed by atoms with E-state index in [0.29, 0.717) is 11.3 Å². The molecule has 0 aliphatic carbocycles. The van der Waals surface area contributed by atoms with Crippen LogP contribution in [0.1, 0.15) is 15.9 Å². The largest absolute Gasteiger partial charge is 0.465 e. The Labute approximate surface area is 87.4 Å². The Balaban J connectivity index is 3.12. The van der Waals surface area contributed by atoms with Crippen molar-refractivity contribution < 1.29 is 9.53 Å². The highest BCUT2D eigenvalue weighted by Crippen LogP contribution is 2.19. The van der Waals surface area contributed by atoms with Gasteiger partial charge in [0, 0.05) is 0 Å². The molecule has 0 aliphatic heterocycles. The fraction of sp³-hybridized carbons (Fsp3) is 0.200. The molecular weight excluding hydrogens is 198 g/mol. The molecule has 3 nitrogen and oxygen atoms in total. The molecule has 0 radical (unpaired) electrons.